The summed E-state index contributed by atoms with van der Waals surface area (Å²) in [5, 5.41) is 1.03. The number of nitrogens with two attached hydrogens (primary N) is 1. The first-order valence-corrected chi connectivity index (χ1v) is 7.95. The highest BCUT2D eigenvalue weighted by Crippen LogP contribution is 2.40. The summed E-state index contributed by atoms with van der Waals surface area (Å²) in [5.74, 6) is 3.03. The van der Waals surface area contributed by atoms with Crippen LogP contribution < -0.4 is 5.73 Å². The van der Waals surface area contributed by atoms with Crippen molar-refractivity contribution >= 4 is 17.6 Å². The number of nitrogen functional groups attached to an aromatic ring is 1. The number of hydrogen-bond donors (Lipinski definition) is 1. The van der Waals surface area contributed by atoms with E-state index in [2.05, 4.69) is 36.2 Å². The molecule has 0 radical (unpaired) electrons. The second kappa shape index (κ2) is 5.44. The van der Waals surface area contributed by atoms with Crippen molar-refractivity contribution in [2.45, 2.75) is 43.4 Å². The fourth-order valence-corrected chi connectivity index (χ4v) is 3.21. The second-order valence-corrected chi connectivity index (χ2v) is 6.35. The Morgan fingerprint density at radius 3 is 2.65 bits per heavy atom. The average Bonchev–Trinajstić information content (AvgIpc) is 3.26. The predicted molar refractivity (Wildman–Crippen MR) is 83.9 cm³/mol. The molecule has 104 valence electrons. The normalized spacial score (nSPS) is 14.5. The molecule has 1 fully saturated rings. The molecule has 3 rings (SSSR count). The number of aryl methyl sites for hydroxylation is 1. The summed E-state index contributed by atoms with van der Waals surface area (Å²) < 4.78 is 0. The van der Waals surface area contributed by atoms with E-state index < -0.39 is 0 Å². The zero-order valence-electron chi connectivity index (χ0n) is 11.9. The first-order chi connectivity index (χ1) is 9.65. The van der Waals surface area contributed by atoms with E-state index in [1.54, 1.807) is 11.8 Å². The lowest BCUT2D eigenvalue weighted by Crippen LogP contribution is -2.03. The van der Waals surface area contributed by atoms with Crippen LogP contribution in [0.3, 0.4) is 0 Å². The van der Waals surface area contributed by atoms with Gasteiger partial charge in [0.25, 0.3) is 0 Å². The van der Waals surface area contributed by atoms with Gasteiger partial charge in [-0.15, -0.1) is 11.8 Å². The molecule has 1 saturated carbocycles. The first-order valence-electron chi connectivity index (χ1n) is 6.96. The highest BCUT2D eigenvalue weighted by atomic mass is 32.2. The van der Waals surface area contributed by atoms with Crippen LogP contribution in [0.15, 0.2) is 29.3 Å². The van der Waals surface area contributed by atoms with Crippen molar-refractivity contribution in [1.29, 1.82) is 0 Å². The van der Waals surface area contributed by atoms with E-state index in [9.17, 15) is 0 Å². The minimum atomic E-state index is 0.538. The summed E-state index contributed by atoms with van der Waals surface area (Å²) in [5.41, 5.74) is 9.70. The molecule has 0 atom stereocenters. The van der Waals surface area contributed by atoms with Gasteiger partial charge < -0.3 is 5.73 Å². The molecule has 2 N–H and O–H groups in total. The van der Waals surface area contributed by atoms with E-state index in [-0.39, 0.29) is 0 Å². The van der Waals surface area contributed by atoms with Crippen molar-refractivity contribution in [2.24, 2.45) is 0 Å². The number of thioether (sulfide) groups is 1. The summed E-state index contributed by atoms with van der Waals surface area (Å²) in [6, 6.07) is 8.47. The monoisotopic (exact) mass is 285 g/mol. The molecular weight excluding hydrogens is 266 g/mol. The van der Waals surface area contributed by atoms with Gasteiger partial charge in [0, 0.05) is 17.2 Å². The molecule has 0 saturated heterocycles. The quantitative estimate of drug-likeness (QED) is 0.685. The number of benzene rings is 1. The van der Waals surface area contributed by atoms with Crippen LogP contribution in [0.25, 0.3) is 0 Å². The van der Waals surface area contributed by atoms with Crippen molar-refractivity contribution in [3.05, 3.63) is 46.8 Å². The number of rotatable bonds is 4. The van der Waals surface area contributed by atoms with Crippen molar-refractivity contribution in [3.63, 3.8) is 0 Å². The maximum Gasteiger partial charge on any atom is 0.135 e. The molecule has 1 aliphatic carbocycles. The molecule has 0 unspecified atom stereocenters. The number of aromatic nitrogens is 2. The van der Waals surface area contributed by atoms with E-state index in [4.69, 9.17) is 10.7 Å². The Bertz CT molecular complexity index is 636. The number of nitrogens with zero attached hydrogens (tertiary/aromatic N) is 2. The number of anilines is 1. The average molecular weight is 285 g/mol. The predicted octanol–water partition coefficient (Wildman–Crippen LogP) is 3.85. The summed E-state index contributed by atoms with van der Waals surface area (Å²) in [4.78, 5) is 9.13. The molecule has 0 bridgehead atoms. The second-order valence-electron chi connectivity index (χ2n) is 5.39. The lowest BCUT2D eigenvalue weighted by atomic mass is 10.1. The van der Waals surface area contributed by atoms with Gasteiger partial charge in [0.1, 0.15) is 16.7 Å². The minimum absolute atomic E-state index is 0.538. The lowest BCUT2D eigenvalue weighted by molar-refractivity contribution is 0.868. The van der Waals surface area contributed by atoms with Crippen LogP contribution >= 0.6 is 11.8 Å². The van der Waals surface area contributed by atoms with Gasteiger partial charge in [-0.3, -0.25) is 0 Å². The molecule has 2 aromatic rings. The summed E-state index contributed by atoms with van der Waals surface area (Å²) in [7, 11) is 0. The molecule has 0 amide bonds. The molecule has 0 aliphatic heterocycles. The van der Waals surface area contributed by atoms with Gasteiger partial charge in [-0.2, -0.15) is 0 Å². The van der Waals surface area contributed by atoms with E-state index in [0.29, 0.717) is 11.7 Å². The smallest absolute Gasteiger partial charge is 0.135 e. The largest absolute Gasteiger partial charge is 0.383 e. The molecular formula is C16H19N3S. The molecule has 20 heavy (non-hydrogen) atoms. The Morgan fingerprint density at radius 1 is 1.20 bits per heavy atom. The third-order valence-corrected chi connectivity index (χ3v) is 4.85. The van der Waals surface area contributed by atoms with Crippen LogP contribution in [0.5, 0.6) is 0 Å². The van der Waals surface area contributed by atoms with Crippen molar-refractivity contribution < 1.29 is 0 Å². The fraction of sp³-hybridized carbons (Fsp3) is 0.375. The van der Waals surface area contributed by atoms with E-state index >= 15 is 0 Å². The Kier molecular flexibility index (Phi) is 3.66. The Balaban J connectivity index is 1.81. The van der Waals surface area contributed by atoms with Crippen LogP contribution in [0, 0.1) is 13.8 Å². The Morgan fingerprint density at radius 2 is 1.95 bits per heavy atom. The van der Waals surface area contributed by atoms with Crippen molar-refractivity contribution in [2.75, 3.05) is 5.73 Å². The lowest BCUT2D eigenvalue weighted by Gasteiger charge is -2.10. The fourth-order valence-electron chi connectivity index (χ4n) is 2.11. The molecule has 1 aromatic carbocycles. The topological polar surface area (TPSA) is 51.8 Å². The van der Waals surface area contributed by atoms with Gasteiger partial charge in [-0.1, -0.05) is 24.3 Å². The Hall–Kier alpha value is -1.55. The Labute approximate surface area is 124 Å². The van der Waals surface area contributed by atoms with Crippen LogP contribution in [-0.2, 0) is 5.75 Å². The maximum atomic E-state index is 6.02. The highest BCUT2D eigenvalue weighted by molar-refractivity contribution is 7.98. The van der Waals surface area contributed by atoms with E-state index in [1.807, 2.05) is 6.92 Å². The van der Waals surface area contributed by atoms with Gasteiger partial charge in [0.15, 0.2) is 0 Å². The van der Waals surface area contributed by atoms with Gasteiger partial charge in [0.2, 0.25) is 0 Å². The summed E-state index contributed by atoms with van der Waals surface area (Å²) >= 11 is 1.76. The van der Waals surface area contributed by atoms with E-state index in [0.717, 1.165) is 22.2 Å². The third-order valence-electron chi connectivity index (χ3n) is 3.72. The van der Waals surface area contributed by atoms with Crippen LogP contribution in [0.2, 0.25) is 0 Å². The van der Waals surface area contributed by atoms with Gasteiger partial charge in [-0.25, -0.2) is 9.97 Å². The maximum absolute atomic E-state index is 6.02. The molecule has 4 heteroatoms. The zero-order valence-corrected chi connectivity index (χ0v) is 12.7. The highest BCUT2D eigenvalue weighted by Gasteiger charge is 2.27. The van der Waals surface area contributed by atoms with Crippen molar-refractivity contribution in [3.8, 4) is 0 Å². The standard InChI is InChI=1S/C16H19N3S/c1-10-5-3-4-6-13(10)9-20-16-11(2)14(17)18-15(19-16)12-7-8-12/h3-6,12H,7-9H2,1-2H3,(H2,17,18,19). The SMILES string of the molecule is Cc1ccccc1CSc1nc(C2CC2)nc(N)c1C. The first kappa shape index (κ1) is 13.4. The van der Waals surface area contributed by atoms with E-state index in [1.165, 1.54) is 24.0 Å². The molecule has 0 spiro atoms. The molecule has 1 aliphatic rings. The third kappa shape index (κ3) is 2.80. The van der Waals surface area contributed by atoms with Crippen molar-refractivity contribution in [1.82, 2.24) is 9.97 Å². The molecule has 3 nitrogen and oxygen atoms in total. The van der Waals surface area contributed by atoms with Crippen LogP contribution in [0.4, 0.5) is 5.82 Å². The van der Waals surface area contributed by atoms with Gasteiger partial charge in [-0.05, 0) is 37.8 Å². The minimum Gasteiger partial charge on any atom is -0.383 e. The van der Waals surface area contributed by atoms with Gasteiger partial charge >= 0.3 is 0 Å². The van der Waals surface area contributed by atoms with Crippen LogP contribution in [0.1, 0.15) is 41.3 Å². The van der Waals surface area contributed by atoms with Crippen LogP contribution in [-0.4, -0.2) is 9.97 Å². The number of hydrogen-bond acceptors (Lipinski definition) is 4. The summed E-state index contributed by atoms with van der Waals surface area (Å²) in [6.07, 6.45) is 2.40. The molecule has 1 aromatic heterocycles. The summed E-state index contributed by atoms with van der Waals surface area (Å²) in [6.45, 7) is 4.15. The van der Waals surface area contributed by atoms with Gasteiger partial charge in [0.05, 0.1) is 0 Å². The zero-order chi connectivity index (χ0) is 14.1. The molecule has 1 heterocycles.